The number of benzene rings is 2. The quantitative estimate of drug-likeness (QED) is 0.617. The van der Waals surface area contributed by atoms with E-state index in [4.69, 9.17) is 4.74 Å². The minimum atomic E-state index is -4.41. The molecule has 174 valence electrons. The number of nitrogens with zero attached hydrogens (tertiary/aromatic N) is 1. The molecular formula is C22H25F3N2O4S. The van der Waals surface area contributed by atoms with Crippen LogP contribution in [0.15, 0.2) is 47.4 Å². The highest BCUT2D eigenvalue weighted by molar-refractivity contribution is 7.89. The SMILES string of the molecule is CCN(CC)S(=O)(=O)c1ccc(OC)c(NC(=O)C2CC2c2ccc(C(F)(F)F)cc2)c1. The van der Waals surface area contributed by atoms with Crippen LogP contribution < -0.4 is 10.1 Å². The lowest BCUT2D eigenvalue weighted by Gasteiger charge is -2.19. The van der Waals surface area contributed by atoms with Crippen molar-refractivity contribution < 1.29 is 31.1 Å². The van der Waals surface area contributed by atoms with Gasteiger partial charge in [-0.25, -0.2) is 8.42 Å². The van der Waals surface area contributed by atoms with Crippen LogP contribution in [0.1, 0.15) is 37.3 Å². The molecule has 1 saturated carbocycles. The monoisotopic (exact) mass is 470 g/mol. The molecule has 0 spiro atoms. The molecule has 2 aromatic rings. The summed E-state index contributed by atoms with van der Waals surface area (Å²) in [5, 5.41) is 2.72. The third kappa shape index (κ3) is 4.91. The van der Waals surface area contributed by atoms with Gasteiger partial charge in [0, 0.05) is 19.0 Å². The van der Waals surface area contributed by atoms with Crippen molar-refractivity contribution in [3.05, 3.63) is 53.6 Å². The lowest BCUT2D eigenvalue weighted by atomic mass is 10.1. The second kappa shape index (κ2) is 9.11. The van der Waals surface area contributed by atoms with Gasteiger partial charge in [-0.15, -0.1) is 0 Å². The fourth-order valence-corrected chi connectivity index (χ4v) is 5.14. The lowest BCUT2D eigenvalue weighted by molar-refractivity contribution is -0.137. The van der Waals surface area contributed by atoms with Gasteiger partial charge in [-0.2, -0.15) is 17.5 Å². The molecule has 1 N–H and O–H groups in total. The van der Waals surface area contributed by atoms with Crippen LogP contribution in [0.5, 0.6) is 5.75 Å². The van der Waals surface area contributed by atoms with E-state index in [1.807, 2.05) is 0 Å². The summed E-state index contributed by atoms with van der Waals surface area (Å²) in [5.74, 6) is -0.639. The third-order valence-corrected chi connectivity index (χ3v) is 7.61. The van der Waals surface area contributed by atoms with Crippen LogP contribution in [0.2, 0.25) is 0 Å². The molecule has 0 aromatic heterocycles. The smallest absolute Gasteiger partial charge is 0.416 e. The molecule has 0 aliphatic heterocycles. The maximum absolute atomic E-state index is 12.8. The van der Waals surface area contributed by atoms with Gasteiger partial charge in [0.2, 0.25) is 15.9 Å². The van der Waals surface area contributed by atoms with E-state index in [1.165, 1.54) is 41.7 Å². The van der Waals surface area contributed by atoms with Gasteiger partial charge in [-0.3, -0.25) is 4.79 Å². The van der Waals surface area contributed by atoms with Crippen molar-refractivity contribution >= 4 is 21.6 Å². The summed E-state index contributed by atoms with van der Waals surface area (Å²) in [6.07, 6.45) is -3.91. The number of alkyl halides is 3. The van der Waals surface area contributed by atoms with Gasteiger partial charge in [0.15, 0.2) is 0 Å². The summed E-state index contributed by atoms with van der Waals surface area (Å²) in [5.41, 5.74) is 0.144. The molecule has 1 aliphatic rings. The van der Waals surface area contributed by atoms with Crippen LogP contribution in [-0.4, -0.2) is 38.8 Å². The molecule has 0 saturated heterocycles. The van der Waals surface area contributed by atoms with Crippen LogP contribution in [0, 0.1) is 5.92 Å². The van der Waals surface area contributed by atoms with E-state index in [0.717, 1.165) is 12.1 Å². The minimum absolute atomic E-state index is 0.0346. The Hall–Kier alpha value is -2.59. The highest BCUT2D eigenvalue weighted by Gasteiger charge is 2.44. The van der Waals surface area contributed by atoms with Crippen molar-refractivity contribution in [2.24, 2.45) is 5.92 Å². The first-order valence-electron chi connectivity index (χ1n) is 10.2. The Kier molecular flexibility index (Phi) is 6.85. The fourth-order valence-electron chi connectivity index (χ4n) is 3.66. The number of amides is 1. The third-order valence-electron chi connectivity index (χ3n) is 5.57. The number of carbonyl (C=O) groups excluding carboxylic acids is 1. The molecule has 0 bridgehead atoms. The number of carbonyl (C=O) groups is 1. The molecule has 1 amide bonds. The Labute approximate surface area is 185 Å². The predicted octanol–water partition coefficient (Wildman–Crippen LogP) is 4.49. The number of rotatable bonds is 8. The zero-order chi connectivity index (χ0) is 23.7. The van der Waals surface area contributed by atoms with Crippen LogP contribution in [0.3, 0.4) is 0 Å². The largest absolute Gasteiger partial charge is 0.495 e. The molecule has 1 fully saturated rings. The van der Waals surface area contributed by atoms with Gasteiger partial charge in [0.25, 0.3) is 0 Å². The molecule has 2 atom stereocenters. The number of sulfonamides is 1. The first kappa shape index (κ1) is 24.1. The summed E-state index contributed by atoms with van der Waals surface area (Å²) in [4.78, 5) is 12.8. The van der Waals surface area contributed by atoms with Gasteiger partial charge in [-0.1, -0.05) is 26.0 Å². The maximum Gasteiger partial charge on any atom is 0.416 e. The Morgan fingerprint density at radius 3 is 2.28 bits per heavy atom. The van der Waals surface area contributed by atoms with Gasteiger partial charge in [-0.05, 0) is 48.2 Å². The Morgan fingerprint density at radius 2 is 1.75 bits per heavy atom. The fraction of sp³-hybridized carbons (Fsp3) is 0.409. The Balaban J connectivity index is 1.77. The van der Waals surface area contributed by atoms with Gasteiger partial charge < -0.3 is 10.1 Å². The van der Waals surface area contributed by atoms with Crippen molar-refractivity contribution in [2.75, 3.05) is 25.5 Å². The molecule has 2 aromatic carbocycles. The number of ether oxygens (including phenoxy) is 1. The number of methoxy groups -OCH3 is 1. The number of hydrogen-bond donors (Lipinski definition) is 1. The zero-order valence-electron chi connectivity index (χ0n) is 17.9. The van der Waals surface area contributed by atoms with Crippen LogP contribution in [0.25, 0.3) is 0 Å². The Bertz CT molecular complexity index is 1080. The first-order valence-corrected chi connectivity index (χ1v) is 11.6. The Morgan fingerprint density at radius 1 is 1.12 bits per heavy atom. The molecular weight excluding hydrogens is 445 g/mol. The lowest BCUT2D eigenvalue weighted by Crippen LogP contribution is -2.30. The van der Waals surface area contributed by atoms with E-state index < -0.39 is 27.7 Å². The average Bonchev–Trinajstić information content (AvgIpc) is 3.55. The normalized spacial score (nSPS) is 18.5. The molecule has 3 rings (SSSR count). The van der Waals surface area contributed by atoms with Gasteiger partial charge >= 0.3 is 6.18 Å². The standard InChI is InChI=1S/C22H25F3N2O4S/c1-4-27(5-2)32(29,30)16-10-11-20(31-3)19(12-16)26-21(28)18-13-17(18)14-6-8-15(9-7-14)22(23,24)25/h6-12,17-18H,4-5,13H2,1-3H3,(H,26,28). The van der Waals surface area contributed by atoms with Gasteiger partial charge in [0.05, 0.1) is 23.3 Å². The number of nitrogens with one attached hydrogen (secondary N) is 1. The van der Waals surface area contributed by atoms with Crippen molar-refractivity contribution in [3.8, 4) is 5.75 Å². The maximum atomic E-state index is 12.8. The van der Waals surface area contributed by atoms with E-state index >= 15 is 0 Å². The summed E-state index contributed by atoms with van der Waals surface area (Å²) >= 11 is 0. The van der Waals surface area contributed by atoms with Crippen molar-refractivity contribution in [2.45, 2.75) is 37.3 Å². The van der Waals surface area contributed by atoms with E-state index in [2.05, 4.69) is 5.32 Å². The molecule has 1 aliphatic carbocycles. The number of hydrogen-bond acceptors (Lipinski definition) is 4. The highest BCUT2D eigenvalue weighted by atomic mass is 32.2. The zero-order valence-corrected chi connectivity index (χ0v) is 18.8. The molecule has 0 heterocycles. The predicted molar refractivity (Wildman–Crippen MR) is 114 cm³/mol. The average molecular weight is 471 g/mol. The minimum Gasteiger partial charge on any atom is -0.495 e. The van der Waals surface area contributed by atoms with E-state index in [-0.39, 0.29) is 22.4 Å². The van der Waals surface area contributed by atoms with Gasteiger partial charge in [0.1, 0.15) is 5.75 Å². The molecule has 32 heavy (non-hydrogen) atoms. The number of halogens is 3. The second-order valence-corrected chi connectivity index (χ2v) is 9.45. The summed E-state index contributed by atoms with van der Waals surface area (Å²) < 4.78 is 70.4. The first-order chi connectivity index (χ1) is 15.0. The second-order valence-electron chi connectivity index (χ2n) is 7.51. The highest BCUT2D eigenvalue weighted by Crippen LogP contribution is 2.48. The van der Waals surface area contributed by atoms with E-state index in [1.54, 1.807) is 13.8 Å². The van der Waals surface area contributed by atoms with Crippen LogP contribution >= 0.6 is 0 Å². The van der Waals surface area contributed by atoms with Crippen molar-refractivity contribution in [1.29, 1.82) is 0 Å². The molecule has 0 radical (unpaired) electrons. The van der Waals surface area contributed by atoms with E-state index in [0.29, 0.717) is 30.8 Å². The summed E-state index contributed by atoms with van der Waals surface area (Å²) in [6.45, 7) is 4.09. The topological polar surface area (TPSA) is 75.7 Å². The van der Waals surface area contributed by atoms with E-state index in [9.17, 15) is 26.4 Å². The number of anilines is 1. The summed E-state index contributed by atoms with van der Waals surface area (Å²) in [7, 11) is -2.32. The molecule has 10 heteroatoms. The summed E-state index contributed by atoms with van der Waals surface area (Å²) in [6, 6.07) is 9.05. The van der Waals surface area contributed by atoms with Crippen LogP contribution in [0.4, 0.5) is 18.9 Å². The van der Waals surface area contributed by atoms with Crippen molar-refractivity contribution in [3.63, 3.8) is 0 Å². The molecule has 6 nitrogen and oxygen atoms in total. The molecule has 2 unspecified atom stereocenters. The van der Waals surface area contributed by atoms with Crippen molar-refractivity contribution in [1.82, 2.24) is 4.31 Å². The van der Waals surface area contributed by atoms with Crippen LogP contribution in [-0.2, 0) is 21.0 Å².